The average Bonchev–Trinajstić information content (AvgIpc) is 2.57. The van der Waals surface area contributed by atoms with Crippen LogP contribution in [0.1, 0.15) is 30.5 Å². The molecule has 1 aliphatic rings. The lowest BCUT2D eigenvalue weighted by Gasteiger charge is -2.19. The minimum atomic E-state index is -2.97. The third-order valence-corrected chi connectivity index (χ3v) is 4.33. The molecule has 0 bridgehead atoms. The van der Waals surface area contributed by atoms with Crippen LogP contribution < -0.4 is 5.32 Å². The highest BCUT2D eigenvalue weighted by Gasteiger charge is 2.24. The van der Waals surface area contributed by atoms with Gasteiger partial charge in [-0.3, -0.25) is 0 Å². The molecular weight excluding hydrogens is 253 g/mol. The van der Waals surface area contributed by atoms with Crippen molar-refractivity contribution in [2.24, 2.45) is 0 Å². The van der Waals surface area contributed by atoms with Crippen LogP contribution in [0.2, 0.25) is 0 Å². The SMILES string of the molecule is CC(CS(C)(=O)=O)NC1CCc2cc(F)ccc21. The van der Waals surface area contributed by atoms with Gasteiger partial charge in [-0.2, -0.15) is 0 Å². The molecule has 0 radical (unpaired) electrons. The minimum Gasteiger partial charge on any atom is -0.306 e. The van der Waals surface area contributed by atoms with E-state index in [2.05, 4.69) is 5.32 Å². The van der Waals surface area contributed by atoms with Gasteiger partial charge in [0.2, 0.25) is 0 Å². The molecule has 3 nitrogen and oxygen atoms in total. The first-order chi connectivity index (χ1) is 8.35. The second-order valence-electron chi connectivity index (χ2n) is 5.09. The Morgan fingerprint density at radius 3 is 2.89 bits per heavy atom. The molecule has 0 saturated carbocycles. The Morgan fingerprint density at radius 2 is 2.22 bits per heavy atom. The number of halogens is 1. The topological polar surface area (TPSA) is 46.2 Å². The molecule has 0 spiro atoms. The van der Waals surface area contributed by atoms with E-state index in [1.165, 1.54) is 12.3 Å². The lowest BCUT2D eigenvalue weighted by molar-refractivity contribution is 0.472. The molecule has 100 valence electrons. The van der Waals surface area contributed by atoms with Crippen LogP contribution in [0.15, 0.2) is 18.2 Å². The van der Waals surface area contributed by atoms with Gasteiger partial charge in [-0.25, -0.2) is 12.8 Å². The third-order valence-electron chi connectivity index (χ3n) is 3.22. The molecule has 1 N–H and O–H groups in total. The summed E-state index contributed by atoms with van der Waals surface area (Å²) in [6.07, 6.45) is 2.98. The molecule has 1 aromatic rings. The van der Waals surface area contributed by atoms with Gasteiger partial charge >= 0.3 is 0 Å². The van der Waals surface area contributed by atoms with Gasteiger partial charge < -0.3 is 5.32 Å². The highest BCUT2D eigenvalue weighted by atomic mass is 32.2. The number of rotatable bonds is 4. The van der Waals surface area contributed by atoms with Crippen molar-refractivity contribution in [2.45, 2.75) is 31.8 Å². The van der Waals surface area contributed by atoms with E-state index in [9.17, 15) is 12.8 Å². The van der Waals surface area contributed by atoms with Crippen molar-refractivity contribution in [2.75, 3.05) is 12.0 Å². The first kappa shape index (κ1) is 13.5. The van der Waals surface area contributed by atoms with Gasteiger partial charge in [0, 0.05) is 18.3 Å². The highest BCUT2D eigenvalue weighted by Crippen LogP contribution is 2.31. The fourth-order valence-corrected chi connectivity index (χ4v) is 3.61. The zero-order chi connectivity index (χ0) is 13.3. The second kappa shape index (κ2) is 4.97. The minimum absolute atomic E-state index is 0.0963. The quantitative estimate of drug-likeness (QED) is 0.909. The van der Waals surface area contributed by atoms with Crippen molar-refractivity contribution in [3.8, 4) is 0 Å². The third kappa shape index (κ3) is 3.29. The van der Waals surface area contributed by atoms with Crippen LogP contribution in [-0.2, 0) is 16.3 Å². The lowest BCUT2D eigenvalue weighted by Crippen LogP contribution is -2.34. The van der Waals surface area contributed by atoms with E-state index in [0.29, 0.717) is 0 Å². The maximum absolute atomic E-state index is 13.1. The average molecular weight is 271 g/mol. The van der Waals surface area contributed by atoms with E-state index in [-0.39, 0.29) is 23.7 Å². The van der Waals surface area contributed by atoms with Crippen LogP contribution in [0, 0.1) is 5.82 Å². The molecule has 2 atom stereocenters. The van der Waals surface area contributed by atoms with E-state index < -0.39 is 9.84 Å². The zero-order valence-corrected chi connectivity index (χ0v) is 11.4. The monoisotopic (exact) mass is 271 g/mol. The molecule has 0 saturated heterocycles. The smallest absolute Gasteiger partial charge is 0.148 e. The molecule has 0 heterocycles. The summed E-state index contributed by atoms with van der Waals surface area (Å²) in [5.74, 6) is -0.0846. The molecule has 18 heavy (non-hydrogen) atoms. The molecule has 0 fully saturated rings. The maximum Gasteiger partial charge on any atom is 0.148 e. The molecule has 1 aromatic carbocycles. The van der Waals surface area contributed by atoms with Gasteiger partial charge in [0.15, 0.2) is 0 Å². The zero-order valence-electron chi connectivity index (χ0n) is 10.6. The summed E-state index contributed by atoms with van der Waals surface area (Å²) in [4.78, 5) is 0. The Hall–Kier alpha value is -0.940. The van der Waals surface area contributed by atoms with Gasteiger partial charge in [0.1, 0.15) is 15.7 Å². The molecule has 0 aliphatic heterocycles. The number of aryl methyl sites for hydroxylation is 1. The number of nitrogens with one attached hydrogen (secondary N) is 1. The van der Waals surface area contributed by atoms with Crippen molar-refractivity contribution >= 4 is 9.84 Å². The fraction of sp³-hybridized carbons (Fsp3) is 0.538. The van der Waals surface area contributed by atoms with E-state index in [4.69, 9.17) is 0 Å². The predicted molar refractivity (Wildman–Crippen MR) is 69.8 cm³/mol. The van der Waals surface area contributed by atoms with Crippen molar-refractivity contribution in [1.29, 1.82) is 0 Å². The Kier molecular flexibility index (Phi) is 3.73. The Bertz CT molecular complexity index is 542. The normalized spacial score (nSPS) is 20.7. The lowest BCUT2D eigenvalue weighted by atomic mass is 10.1. The second-order valence-corrected chi connectivity index (χ2v) is 7.28. The first-order valence-electron chi connectivity index (χ1n) is 6.07. The van der Waals surface area contributed by atoms with E-state index in [0.717, 1.165) is 24.0 Å². The summed E-state index contributed by atoms with van der Waals surface area (Å²) in [6.45, 7) is 1.86. The van der Waals surface area contributed by atoms with Crippen molar-refractivity contribution in [3.63, 3.8) is 0 Å². The molecule has 2 rings (SSSR count). The van der Waals surface area contributed by atoms with Crippen LogP contribution in [-0.4, -0.2) is 26.5 Å². The Morgan fingerprint density at radius 1 is 1.50 bits per heavy atom. The summed E-state index contributed by atoms with van der Waals surface area (Å²) in [5.41, 5.74) is 2.12. The molecule has 0 amide bonds. The Balaban J connectivity index is 2.06. The largest absolute Gasteiger partial charge is 0.306 e. The number of hydrogen-bond acceptors (Lipinski definition) is 3. The van der Waals surface area contributed by atoms with Crippen molar-refractivity contribution < 1.29 is 12.8 Å². The summed E-state index contributed by atoms with van der Waals surface area (Å²) >= 11 is 0. The van der Waals surface area contributed by atoms with Crippen LogP contribution in [0.25, 0.3) is 0 Å². The number of hydrogen-bond donors (Lipinski definition) is 1. The fourth-order valence-electron chi connectivity index (χ4n) is 2.60. The van der Waals surface area contributed by atoms with Gasteiger partial charge in [-0.05, 0) is 43.0 Å². The van der Waals surface area contributed by atoms with E-state index in [1.807, 2.05) is 6.92 Å². The molecule has 1 aliphatic carbocycles. The number of fused-ring (bicyclic) bond motifs is 1. The van der Waals surface area contributed by atoms with Crippen molar-refractivity contribution in [3.05, 3.63) is 35.1 Å². The van der Waals surface area contributed by atoms with Crippen LogP contribution in [0.4, 0.5) is 4.39 Å². The maximum atomic E-state index is 13.1. The number of sulfone groups is 1. The van der Waals surface area contributed by atoms with Gasteiger partial charge in [0.05, 0.1) is 5.75 Å². The summed E-state index contributed by atoms with van der Waals surface area (Å²) in [7, 11) is -2.97. The standard InChI is InChI=1S/C13H18FNO2S/c1-9(8-18(2,16)17)15-13-6-3-10-7-11(14)4-5-12(10)13/h4-5,7,9,13,15H,3,6,8H2,1-2H3. The predicted octanol–water partition coefficient (Wildman–Crippen LogP) is 1.84. The summed E-state index contributed by atoms with van der Waals surface area (Å²) in [5, 5.41) is 3.31. The molecule has 0 aromatic heterocycles. The van der Waals surface area contributed by atoms with Crippen LogP contribution in [0.5, 0.6) is 0 Å². The van der Waals surface area contributed by atoms with E-state index >= 15 is 0 Å². The van der Waals surface area contributed by atoms with Gasteiger partial charge in [-0.1, -0.05) is 6.07 Å². The Labute approximate surface area is 107 Å². The molecule has 5 heteroatoms. The highest BCUT2D eigenvalue weighted by molar-refractivity contribution is 7.90. The van der Waals surface area contributed by atoms with Gasteiger partial charge in [-0.15, -0.1) is 0 Å². The summed E-state index contributed by atoms with van der Waals surface area (Å²) < 4.78 is 35.5. The first-order valence-corrected chi connectivity index (χ1v) is 8.13. The van der Waals surface area contributed by atoms with Gasteiger partial charge in [0.25, 0.3) is 0 Å². The molecular formula is C13H18FNO2S. The van der Waals surface area contributed by atoms with Crippen molar-refractivity contribution in [1.82, 2.24) is 5.32 Å². The van der Waals surface area contributed by atoms with Crippen LogP contribution in [0.3, 0.4) is 0 Å². The number of benzene rings is 1. The van der Waals surface area contributed by atoms with E-state index in [1.54, 1.807) is 12.1 Å². The molecule has 2 unspecified atom stereocenters. The van der Waals surface area contributed by atoms with Crippen LogP contribution >= 0.6 is 0 Å². The summed E-state index contributed by atoms with van der Waals surface area (Å²) in [6, 6.07) is 4.86.